The predicted octanol–water partition coefficient (Wildman–Crippen LogP) is 5.20. The molecule has 1 heterocycles. The highest BCUT2D eigenvalue weighted by Crippen LogP contribution is 2.25. The second kappa shape index (κ2) is 7.66. The van der Waals surface area contributed by atoms with Gasteiger partial charge in [-0.3, -0.25) is 4.79 Å². The minimum atomic E-state index is -0.147. The van der Waals surface area contributed by atoms with Crippen LogP contribution < -0.4 is 5.32 Å². The van der Waals surface area contributed by atoms with Crippen LogP contribution in [0.5, 0.6) is 0 Å². The summed E-state index contributed by atoms with van der Waals surface area (Å²) in [5.41, 5.74) is 2.10. The first-order chi connectivity index (χ1) is 11.5. The molecule has 24 heavy (non-hydrogen) atoms. The number of nitrogens with zero attached hydrogens (tertiary/aromatic N) is 1. The molecule has 0 bridgehead atoms. The van der Waals surface area contributed by atoms with E-state index in [-0.39, 0.29) is 11.7 Å². The number of fused-ring (bicyclic) bond motifs is 1. The molecule has 124 valence electrons. The molecule has 1 N–H and O–H groups in total. The highest BCUT2D eigenvalue weighted by molar-refractivity contribution is 7.99. The summed E-state index contributed by atoms with van der Waals surface area (Å²) in [6, 6.07) is 10.3. The average Bonchev–Trinajstić information content (AvgIpc) is 2.94. The van der Waals surface area contributed by atoms with Crippen molar-refractivity contribution in [3.8, 4) is 0 Å². The van der Waals surface area contributed by atoms with E-state index in [0.717, 1.165) is 5.56 Å². The summed E-state index contributed by atoms with van der Waals surface area (Å²) in [6.45, 7) is 0.332. The standard InChI is InChI=1S/C16H11Cl3N2O2S/c17-10-2-1-9(12(19)5-10)7-20-15(22)8-24-16-21-13-6-11(18)3-4-14(13)23-16/h1-6H,7-8H2,(H,20,22). The number of amides is 1. The van der Waals surface area contributed by atoms with Crippen LogP contribution >= 0.6 is 46.6 Å². The second-order valence-corrected chi connectivity index (χ2v) is 7.10. The molecule has 0 fully saturated rings. The Morgan fingerprint density at radius 1 is 1.12 bits per heavy atom. The van der Waals surface area contributed by atoms with Gasteiger partial charge in [-0.25, -0.2) is 4.98 Å². The maximum Gasteiger partial charge on any atom is 0.257 e. The first kappa shape index (κ1) is 17.4. The van der Waals surface area contributed by atoms with Gasteiger partial charge in [-0.2, -0.15) is 0 Å². The summed E-state index contributed by atoms with van der Waals surface area (Å²) in [5, 5.41) is 4.88. The van der Waals surface area contributed by atoms with Gasteiger partial charge < -0.3 is 9.73 Å². The molecule has 0 aliphatic carbocycles. The fourth-order valence-corrected chi connectivity index (χ4v) is 3.29. The summed E-state index contributed by atoms with van der Waals surface area (Å²) in [7, 11) is 0. The van der Waals surface area contributed by atoms with Crippen LogP contribution in [0, 0.1) is 0 Å². The lowest BCUT2D eigenvalue weighted by Gasteiger charge is -2.06. The average molecular weight is 402 g/mol. The first-order valence-corrected chi connectivity index (χ1v) is 9.03. The van der Waals surface area contributed by atoms with Crippen molar-refractivity contribution in [2.75, 3.05) is 5.75 Å². The fraction of sp³-hybridized carbons (Fsp3) is 0.125. The molecule has 0 unspecified atom stereocenters. The van der Waals surface area contributed by atoms with E-state index in [0.29, 0.717) is 37.9 Å². The monoisotopic (exact) mass is 400 g/mol. The van der Waals surface area contributed by atoms with Gasteiger partial charge in [-0.15, -0.1) is 0 Å². The predicted molar refractivity (Wildman–Crippen MR) is 98.1 cm³/mol. The topological polar surface area (TPSA) is 55.1 Å². The van der Waals surface area contributed by atoms with Crippen molar-refractivity contribution in [2.45, 2.75) is 11.8 Å². The van der Waals surface area contributed by atoms with Crippen LogP contribution in [0.3, 0.4) is 0 Å². The van der Waals surface area contributed by atoms with E-state index in [1.54, 1.807) is 36.4 Å². The Balaban J connectivity index is 1.54. The zero-order valence-corrected chi connectivity index (χ0v) is 15.3. The number of thioether (sulfide) groups is 1. The van der Waals surface area contributed by atoms with Crippen LogP contribution in [-0.2, 0) is 11.3 Å². The van der Waals surface area contributed by atoms with Gasteiger partial charge in [0.2, 0.25) is 5.91 Å². The van der Waals surface area contributed by atoms with E-state index in [1.165, 1.54) is 11.8 Å². The van der Waals surface area contributed by atoms with E-state index in [2.05, 4.69) is 10.3 Å². The highest BCUT2D eigenvalue weighted by Gasteiger charge is 2.10. The molecular formula is C16H11Cl3N2O2S. The van der Waals surface area contributed by atoms with Gasteiger partial charge in [-0.1, -0.05) is 52.6 Å². The highest BCUT2D eigenvalue weighted by atomic mass is 35.5. The summed E-state index contributed by atoms with van der Waals surface area (Å²) in [5.74, 6) is 0.0393. The van der Waals surface area contributed by atoms with Gasteiger partial charge in [0.1, 0.15) is 5.52 Å². The van der Waals surface area contributed by atoms with Crippen molar-refractivity contribution < 1.29 is 9.21 Å². The lowest BCUT2D eigenvalue weighted by atomic mass is 10.2. The maximum absolute atomic E-state index is 11.9. The number of carbonyl (C=O) groups excluding carboxylic acids is 1. The van der Waals surface area contributed by atoms with Crippen LogP contribution in [0.1, 0.15) is 5.56 Å². The number of halogens is 3. The number of carbonyl (C=O) groups is 1. The van der Waals surface area contributed by atoms with Crippen molar-refractivity contribution in [3.63, 3.8) is 0 Å². The largest absolute Gasteiger partial charge is 0.431 e. The number of nitrogens with one attached hydrogen (secondary N) is 1. The molecule has 0 saturated carbocycles. The Morgan fingerprint density at radius 3 is 2.67 bits per heavy atom. The van der Waals surface area contributed by atoms with Crippen molar-refractivity contribution in [1.82, 2.24) is 10.3 Å². The SMILES string of the molecule is O=C(CSc1nc2cc(Cl)ccc2o1)NCc1ccc(Cl)cc1Cl. The lowest BCUT2D eigenvalue weighted by Crippen LogP contribution is -2.24. The van der Waals surface area contributed by atoms with Crippen molar-refractivity contribution in [3.05, 3.63) is 57.0 Å². The first-order valence-electron chi connectivity index (χ1n) is 6.91. The number of aromatic nitrogens is 1. The van der Waals surface area contributed by atoms with Gasteiger partial charge in [0.05, 0.1) is 5.75 Å². The molecule has 0 aliphatic heterocycles. The molecule has 3 rings (SSSR count). The third kappa shape index (κ3) is 4.36. The smallest absolute Gasteiger partial charge is 0.257 e. The minimum absolute atomic E-state index is 0.147. The van der Waals surface area contributed by atoms with E-state index in [1.807, 2.05) is 0 Å². The van der Waals surface area contributed by atoms with Gasteiger partial charge in [0.25, 0.3) is 5.22 Å². The molecule has 0 atom stereocenters. The molecular weight excluding hydrogens is 391 g/mol. The molecule has 0 spiro atoms. The van der Waals surface area contributed by atoms with Gasteiger partial charge >= 0.3 is 0 Å². The molecule has 0 aliphatic rings. The summed E-state index contributed by atoms with van der Waals surface area (Å²) in [4.78, 5) is 16.2. The third-order valence-electron chi connectivity index (χ3n) is 3.15. The van der Waals surface area contributed by atoms with E-state index in [4.69, 9.17) is 39.2 Å². The third-order valence-corrected chi connectivity index (χ3v) is 4.80. The van der Waals surface area contributed by atoms with Crippen molar-refractivity contribution >= 4 is 63.6 Å². The van der Waals surface area contributed by atoms with Crippen LogP contribution in [0.2, 0.25) is 15.1 Å². The molecule has 2 aromatic carbocycles. The number of oxazole rings is 1. The van der Waals surface area contributed by atoms with Gasteiger partial charge in [-0.05, 0) is 35.9 Å². The van der Waals surface area contributed by atoms with Gasteiger partial charge in [0.15, 0.2) is 5.58 Å². The fourth-order valence-electron chi connectivity index (χ4n) is 1.98. The number of hydrogen-bond acceptors (Lipinski definition) is 4. The number of hydrogen-bond donors (Lipinski definition) is 1. The van der Waals surface area contributed by atoms with Crippen LogP contribution in [0.4, 0.5) is 0 Å². The van der Waals surface area contributed by atoms with E-state index in [9.17, 15) is 4.79 Å². The van der Waals surface area contributed by atoms with Crippen LogP contribution in [-0.4, -0.2) is 16.6 Å². The van der Waals surface area contributed by atoms with Crippen LogP contribution in [0.25, 0.3) is 11.1 Å². The second-order valence-electron chi connectivity index (χ2n) is 4.89. The van der Waals surface area contributed by atoms with E-state index >= 15 is 0 Å². The summed E-state index contributed by atoms with van der Waals surface area (Å²) < 4.78 is 5.55. The van der Waals surface area contributed by atoms with Crippen molar-refractivity contribution in [2.24, 2.45) is 0 Å². The normalized spacial score (nSPS) is 11.0. The zero-order chi connectivity index (χ0) is 17.1. The Bertz CT molecular complexity index is 898. The number of rotatable bonds is 5. The number of benzene rings is 2. The van der Waals surface area contributed by atoms with Gasteiger partial charge in [0, 0.05) is 21.6 Å². The Kier molecular flexibility index (Phi) is 5.56. The lowest BCUT2D eigenvalue weighted by molar-refractivity contribution is -0.118. The summed E-state index contributed by atoms with van der Waals surface area (Å²) >= 11 is 19.0. The Hall–Kier alpha value is -1.40. The molecule has 8 heteroatoms. The maximum atomic E-state index is 11.9. The molecule has 3 aromatic rings. The Labute approximate surface area is 157 Å². The van der Waals surface area contributed by atoms with E-state index < -0.39 is 0 Å². The molecule has 4 nitrogen and oxygen atoms in total. The molecule has 1 amide bonds. The Morgan fingerprint density at radius 2 is 1.88 bits per heavy atom. The minimum Gasteiger partial charge on any atom is -0.431 e. The van der Waals surface area contributed by atoms with Crippen LogP contribution in [0.15, 0.2) is 46.0 Å². The molecule has 0 radical (unpaired) electrons. The molecule has 1 aromatic heterocycles. The summed E-state index contributed by atoms with van der Waals surface area (Å²) in [6.07, 6.45) is 0. The van der Waals surface area contributed by atoms with Crippen molar-refractivity contribution in [1.29, 1.82) is 0 Å². The quantitative estimate of drug-likeness (QED) is 0.597. The zero-order valence-electron chi connectivity index (χ0n) is 12.2. The molecule has 0 saturated heterocycles.